The number of hydrazone groups is 1. The fourth-order valence-corrected chi connectivity index (χ4v) is 3.54. The second kappa shape index (κ2) is 12.2. The summed E-state index contributed by atoms with van der Waals surface area (Å²) in [7, 11) is 3.01. The Morgan fingerprint density at radius 1 is 1.00 bits per heavy atom. The van der Waals surface area contributed by atoms with Crippen molar-refractivity contribution >= 4 is 52.3 Å². The maximum Gasteiger partial charge on any atom is 0.343 e. The van der Waals surface area contributed by atoms with Crippen molar-refractivity contribution in [2.24, 2.45) is 5.10 Å². The summed E-state index contributed by atoms with van der Waals surface area (Å²) >= 11 is 7.84. The molecule has 0 bridgehead atoms. The first kappa shape index (κ1) is 25.3. The highest BCUT2D eigenvalue weighted by molar-refractivity contribution is 14.1. The van der Waals surface area contributed by atoms with Gasteiger partial charge in [0.05, 0.1) is 29.6 Å². The zero-order valence-corrected chi connectivity index (χ0v) is 21.1. The molecular formula is C24H20ClIN2O6. The summed E-state index contributed by atoms with van der Waals surface area (Å²) < 4.78 is 22.0. The molecular weight excluding hydrogens is 575 g/mol. The zero-order chi connectivity index (χ0) is 24.5. The van der Waals surface area contributed by atoms with Crippen molar-refractivity contribution in [3.63, 3.8) is 0 Å². The molecule has 0 saturated carbocycles. The number of nitrogens with one attached hydrogen (secondary N) is 1. The third kappa shape index (κ3) is 7.09. The minimum Gasteiger partial charge on any atom is -0.497 e. The first-order valence-corrected chi connectivity index (χ1v) is 11.3. The van der Waals surface area contributed by atoms with Crippen LogP contribution in [0.25, 0.3) is 0 Å². The third-order valence-electron chi connectivity index (χ3n) is 4.36. The van der Waals surface area contributed by atoms with Gasteiger partial charge in [0.15, 0.2) is 18.1 Å². The molecule has 10 heteroatoms. The molecule has 0 aliphatic rings. The van der Waals surface area contributed by atoms with Crippen LogP contribution in [0, 0.1) is 3.57 Å². The van der Waals surface area contributed by atoms with Gasteiger partial charge in [0, 0.05) is 5.02 Å². The van der Waals surface area contributed by atoms with Crippen molar-refractivity contribution in [1.82, 2.24) is 5.43 Å². The Hall–Kier alpha value is -3.31. The van der Waals surface area contributed by atoms with Gasteiger partial charge < -0.3 is 18.9 Å². The summed E-state index contributed by atoms with van der Waals surface area (Å²) in [6.07, 6.45) is 1.44. The molecule has 3 aromatic carbocycles. The second-order valence-electron chi connectivity index (χ2n) is 6.69. The molecule has 176 valence electrons. The van der Waals surface area contributed by atoms with Crippen molar-refractivity contribution in [2.75, 3.05) is 20.8 Å². The molecule has 0 radical (unpaired) electrons. The van der Waals surface area contributed by atoms with Crippen LogP contribution < -0.4 is 24.4 Å². The number of carbonyl (C=O) groups is 2. The lowest BCUT2D eigenvalue weighted by Crippen LogP contribution is -2.24. The van der Waals surface area contributed by atoms with Gasteiger partial charge in [-0.25, -0.2) is 10.2 Å². The molecule has 0 saturated heterocycles. The minimum atomic E-state index is -0.534. The standard InChI is InChI=1S/C24H20ClIN2O6/c1-31-18-7-3-16(4-8-18)24(30)34-23-20(26)11-15(12-21(23)32-2)13-27-28-22(29)14-33-19-9-5-17(25)6-10-19/h3-13H,14H2,1-2H3,(H,28,29)/b27-13-. The average molecular weight is 595 g/mol. The number of esters is 1. The lowest BCUT2D eigenvalue weighted by atomic mass is 10.2. The minimum absolute atomic E-state index is 0.208. The van der Waals surface area contributed by atoms with E-state index in [1.165, 1.54) is 13.3 Å². The Bertz CT molecular complexity index is 1180. The number of methoxy groups -OCH3 is 2. The topological polar surface area (TPSA) is 95.5 Å². The summed E-state index contributed by atoms with van der Waals surface area (Å²) in [5.74, 6) is 0.804. The Kier molecular flexibility index (Phi) is 9.11. The number of hydrogen-bond donors (Lipinski definition) is 1. The second-order valence-corrected chi connectivity index (χ2v) is 8.29. The fourth-order valence-electron chi connectivity index (χ4n) is 2.68. The molecule has 34 heavy (non-hydrogen) atoms. The van der Waals surface area contributed by atoms with E-state index in [9.17, 15) is 9.59 Å². The first-order valence-electron chi connectivity index (χ1n) is 9.83. The van der Waals surface area contributed by atoms with Crippen LogP contribution in [-0.4, -0.2) is 38.9 Å². The van der Waals surface area contributed by atoms with E-state index >= 15 is 0 Å². The number of carbonyl (C=O) groups excluding carboxylic acids is 2. The van der Waals surface area contributed by atoms with Gasteiger partial charge in [0.1, 0.15) is 11.5 Å². The van der Waals surface area contributed by atoms with E-state index in [-0.39, 0.29) is 12.4 Å². The number of benzene rings is 3. The molecule has 0 heterocycles. The number of ether oxygens (including phenoxy) is 4. The highest BCUT2D eigenvalue weighted by Gasteiger charge is 2.17. The number of amides is 1. The van der Waals surface area contributed by atoms with Crippen LogP contribution in [0.1, 0.15) is 15.9 Å². The van der Waals surface area contributed by atoms with Crippen LogP contribution in [0.4, 0.5) is 0 Å². The average Bonchev–Trinajstić information content (AvgIpc) is 2.85. The predicted octanol–water partition coefficient (Wildman–Crippen LogP) is 4.71. The Balaban J connectivity index is 1.61. The van der Waals surface area contributed by atoms with E-state index in [1.54, 1.807) is 67.8 Å². The van der Waals surface area contributed by atoms with Gasteiger partial charge in [-0.1, -0.05) is 11.6 Å². The molecule has 0 unspecified atom stereocenters. The smallest absolute Gasteiger partial charge is 0.343 e. The molecule has 0 atom stereocenters. The van der Waals surface area contributed by atoms with Crippen molar-refractivity contribution in [2.45, 2.75) is 0 Å². The molecule has 0 spiro atoms. The van der Waals surface area contributed by atoms with Gasteiger partial charge in [-0.3, -0.25) is 4.79 Å². The lowest BCUT2D eigenvalue weighted by Gasteiger charge is -2.12. The third-order valence-corrected chi connectivity index (χ3v) is 5.41. The van der Waals surface area contributed by atoms with Crippen molar-refractivity contribution < 1.29 is 28.5 Å². The van der Waals surface area contributed by atoms with Gasteiger partial charge in [-0.15, -0.1) is 0 Å². The predicted molar refractivity (Wildman–Crippen MR) is 136 cm³/mol. The Morgan fingerprint density at radius 3 is 2.32 bits per heavy atom. The zero-order valence-electron chi connectivity index (χ0n) is 18.2. The normalized spacial score (nSPS) is 10.6. The summed E-state index contributed by atoms with van der Waals surface area (Å²) in [6, 6.07) is 16.6. The van der Waals surface area contributed by atoms with E-state index in [2.05, 4.69) is 10.5 Å². The van der Waals surface area contributed by atoms with Gasteiger partial charge in [-0.05, 0) is 88.8 Å². The van der Waals surface area contributed by atoms with Crippen LogP contribution in [0.3, 0.4) is 0 Å². The number of halogens is 2. The van der Waals surface area contributed by atoms with Crippen LogP contribution in [-0.2, 0) is 4.79 Å². The highest BCUT2D eigenvalue weighted by Crippen LogP contribution is 2.34. The van der Waals surface area contributed by atoms with E-state index in [0.717, 1.165) is 0 Å². The Morgan fingerprint density at radius 2 is 1.68 bits per heavy atom. The number of hydrogen-bond acceptors (Lipinski definition) is 7. The molecule has 0 aliphatic heterocycles. The van der Waals surface area contributed by atoms with Gasteiger partial charge >= 0.3 is 5.97 Å². The number of nitrogens with zero attached hydrogens (tertiary/aromatic N) is 1. The van der Waals surface area contributed by atoms with Crippen molar-refractivity contribution in [3.8, 4) is 23.0 Å². The molecule has 1 N–H and O–H groups in total. The van der Waals surface area contributed by atoms with E-state index in [4.69, 9.17) is 30.5 Å². The van der Waals surface area contributed by atoms with Gasteiger partial charge in [0.25, 0.3) is 5.91 Å². The molecule has 0 aliphatic carbocycles. The maximum atomic E-state index is 12.5. The summed E-state index contributed by atoms with van der Waals surface area (Å²) in [5, 5.41) is 4.51. The summed E-state index contributed by atoms with van der Waals surface area (Å²) in [4.78, 5) is 24.5. The van der Waals surface area contributed by atoms with Gasteiger partial charge in [-0.2, -0.15) is 5.10 Å². The molecule has 3 rings (SSSR count). The molecule has 1 amide bonds. The van der Waals surface area contributed by atoms with Crippen LogP contribution in [0.2, 0.25) is 5.02 Å². The van der Waals surface area contributed by atoms with Crippen LogP contribution >= 0.6 is 34.2 Å². The van der Waals surface area contributed by atoms with E-state index in [1.807, 2.05) is 22.6 Å². The first-order chi connectivity index (χ1) is 16.4. The fraction of sp³-hybridized carbons (Fsp3) is 0.125. The Labute approximate surface area is 214 Å². The molecule has 8 nitrogen and oxygen atoms in total. The van der Waals surface area contributed by atoms with Gasteiger partial charge in [0.2, 0.25) is 0 Å². The lowest BCUT2D eigenvalue weighted by molar-refractivity contribution is -0.123. The summed E-state index contributed by atoms with van der Waals surface area (Å²) in [6.45, 7) is -0.208. The SMILES string of the molecule is COc1ccc(C(=O)Oc2c(I)cc(/C=N\NC(=O)COc3ccc(Cl)cc3)cc2OC)cc1. The largest absolute Gasteiger partial charge is 0.497 e. The van der Waals surface area contributed by atoms with Crippen molar-refractivity contribution in [1.29, 1.82) is 0 Å². The maximum absolute atomic E-state index is 12.5. The summed E-state index contributed by atoms with van der Waals surface area (Å²) in [5.41, 5.74) is 3.39. The van der Waals surface area contributed by atoms with E-state index in [0.29, 0.717) is 37.0 Å². The van der Waals surface area contributed by atoms with Crippen LogP contribution in [0.5, 0.6) is 23.0 Å². The highest BCUT2D eigenvalue weighted by atomic mass is 127. The monoisotopic (exact) mass is 594 g/mol. The van der Waals surface area contributed by atoms with Crippen LogP contribution in [0.15, 0.2) is 65.8 Å². The van der Waals surface area contributed by atoms with E-state index < -0.39 is 11.9 Å². The number of rotatable bonds is 9. The van der Waals surface area contributed by atoms with Crippen molar-refractivity contribution in [3.05, 3.63) is 80.4 Å². The molecule has 3 aromatic rings. The molecule has 0 aromatic heterocycles. The quantitative estimate of drug-likeness (QED) is 0.127. The molecule has 0 fully saturated rings.